The molecule has 30 heavy (non-hydrogen) atoms. The molecule has 1 saturated carbocycles. The second kappa shape index (κ2) is 8.56. The maximum atomic E-state index is 12.6. The van der Waals surface area contributed by atoms with Gasteiger partial charge in [0.05, 0.1) is 24.7 Å². The Morgan fingerprint density at radius 3 is 2.43 bits per heavy atom. The summed E-state index contributed by atoms with van der Waals surface area (Å²) < 4.78 is 17.7. The number of nitro groups is 1. The van der Waals surface area contributed by atoms with Crippen LogP contribution in [-0.2, 0) is 4.74 Å². The highest BCUT2D eigenvalue weighted by molar-refractivity contribution is 6.01. The number of Topliss-reactive ketones (excluding diaryl/α,β-unsaturated/α-hetero) is 1. The van der Waals surface area contributed by atoms with Gasteiger partial charge in [-0.1, -0.05) is 0 Å². The summed E-state index contributed by atoms with van der Waals surface area (Å²) in [5.74, 6) is -1.03. The predicted octanol–water partition coefficient (Wildman–Crippen LogP) is 3.80. The third-order valence-corrected chi connectivity index (χ3v) is 5.03. The highest BCUT2D eigenvalue weighted by Crippen LogP contribution is 2.38. The molecule has 1 aromatic carbocycles. The predicted molar refractivity (Wildman–Crippen MR) is 108 cm³/mol. The van der Waals surface area contributed by atoms with E-state index < -0.39 is 23.2 Å². The Kier molecular flexibility index (Phi) is 6.09. The van der Waals surface area contributed by atoms with Crippen LogP contribution in [0.2, 0.25) is 0 Å². The molecule has 0 aliphatic heterocycles. The van der Waals surface area contributed by atoms with Gasteiger partial charge in [0.25, 0.3) is 5.69 Å². The summed E-state index contributed by atoms with van der Waals surface area (Å²) >= 11 is 0. The minimum absolute atomic E-state index is 0.128. The van der Waals surface area contributed by atoms with E-state index in [-0.39, 0.29) is 29.5 Å². The summed E-state index contributed by atoms with van der Waals surface area (Å²) in [7, 11) is 1.34. The van der Waals surface area contributed by atoms with Gasteiger partial charge in [0, 0.05) is 29.1 Å². The maximum Gasteiger partial charge on any atom is 0.345 e. The van der Waals surface area contributed by atoms with E-state index in [1.165, 1.54) is 13.2 Å². The van der Waals surface area contributed by atoms with Crippen molar-refractivity contribution >= 4 is 17.4 Å². The number of carbonyl (C=O) groups is 2. The fraction of sp³-hybridized carbons (Fsp3) is 0.429. The van der Waals surface area contributed by atoms with Gasteiger partial charge in [-0.25, -0.2) is 4.79 Å². The van der Waals surface area contributed by atoms with E-state index >= 15 is 0 Å². The molecule has 9 heteroatoms. The number of ketones is 1. The number of carbonyl (C=O) groups excluding carboxylic acids is 2. The van der Waals surface area contributed by atoms with E-state index in [0.29, 0.717) is 11.6 Å². The number of aryl methyl sites for hydroxylation is 1. The van der Waals surface area contributed by atoms with Crippen molar-refractivity contribution in [3.63, 3.8) is 0 Å². The van der Waals surface area contributed by atoms with Gasteiger partial charge >= 0.3 is 5.97 Å². The molecular formula is C21H24N2O7. The SMILES string of the molecule is CCOc1cc(C(=O)OCC(=O)c2cc(C)n(C3CC3)c2C)c([N+](=O)[O-])cc1OC. The molecule has 0 amide bonds. The van der Waals surface area contributed by atoms with Crippen LogP contribution in [0.3, 0.4) is 0 Å². The van der Waals surface area contributed by atoms with Gasteiger partial charge in [-0.05, 0) is 39.7 Å². The van der Waals surface area contributed by atoms with Crippen LogP contribution in [0.15, 0.2) is 18.2 Å². The van der Waals surface area contributed by atoms with Gasteiger partial charge in [-0.15, -0.1) is 0 Å². The highest BCUT2D eigenvalue weighted by atomic mass is 16.6. The lowest BCUT2D eigenvalue weighted by Gasteiger charge is -2.11. The summed E-state index contributed by atoms with van der Waals surface area (Å²) in [5, 5.41) is 11.4. The number of nitro benzene ring substituents is 1. The molecule has 0 radical (unpaired) electrons. The van der Waals surface area contributed by atoms with Gasteiger partial charge < -0.3 is 18.8 Å². The number of aromatic nitrogens is 1. The number of nitrogens with zero attached hydrogens (tertiary/aromatic N) is 2. The van der Waals surface area contributed by atoms with E-state index in [1.54, 1.807) is 13.0 Å². The Labute approximate surface area is 173 Å². The number of ether oxygens (including phenoxy) is 3. The number of hydrogen-bond donors (Lipinski definition) is 0. The average molecular weight is 416 g/mol. The Morgan fingerprint density at radius 2 is 1.87 bits per heavy atom. The molecule has 1 fully saturated rings. The first-order chi connectivity index (χ1) is 14.3. The van der Waals surface area contributed by atoms with Crippen molar-refractivity contribution in [3.8, 4) is 11.5 Å². The molecule has 2 aromatic rings. The zero-order chi connectivity index (χ0) is 22.0. The molecule has 0 spiro atoms. The molecule has 1 aromatic heterocycles. The Hall–Kier alpha value is -3.36. The van der Waals surface area contributed by atoms with Crippen LogP contribution < -0.4 is 9.47 Å². The molecule has 1 aliphatic rings. The van der Waals surface area contributed by atoms with Crippen molar-refractivity contribution in [2.24, 2.45) is 0 Å². The number of rotatable bonds is 9. The van der Waals surface area contributed by atoms with E-state index in [0.717, 1.165) is 30.3 Å². The molecular weight excluding hydrogens is 392 g/mol. The fourth-order valence-corrected chi connectivity index (χ4v) is 3.53. The molecule has 1 aliphatic carbocycles. The van der Waals surface area contributed by atoms with Crippen molar-refractivity contribution in [1.29, 1.82) is 0 Å². The highest BCUT2D eigenvalue weighted by Gasteiger charge is 2.29. The normalized spacial score (nSPS) is 13.1. The Balaban J connectivity index is 1.80. The van der Waals surface area contributed by atoms with Gasteiger partial charge in [-0.3, -0.25) is 14.9 Å². The molecule has 3 rings (SSSR count). The smallest absolute Gasteiger partial charge is 0.345 e. The molecule has 0 N–H and O–H groups in total. The monoisotopic (exact) mass is 416 g/mol. The number of methoxy groups -OCH3 is 1. The molecule has 0 atom stereocenters. The van der Waals surface area contributed by atoms with Crippen molar-refractivity contribution in [2.75, 3.05) is 20.3 Å². The summed E-state index contributed by atoms with van der Waals surface area (Å²) in [6.45, 7) is 5.29. The van der Waals surface area contributed by atoms with Crippen LogP contribution in [0.1, 0.15) is 57.9 Å². The Morgan fingerprint density at radius 1 is 1.17 bits per heavy atom. The molecule has 0 unspecified atom stereocenters. The summed E-state index contributed by atoms with van der Waals surface area (Å²) in [4.78, 5) is 35.9. The summed E-state index contributed by atoms with van der Waals surface area (Å²) in [6.07, 6.45) is 2.17. The first-order valence-electron chi connectivity index (χ1n) is 9.66. The van der Waals surface area contributed by atoms with E-state index in [2.05, 4.69) is 4.57 Å². The van der Waals surface area contributed by atoms with Crippen LogP contribution in [0.5, 0.6) is 11.5 Å². The van der Waals surface area contributed by atoms with Crippen LogP contribution in [0.25, 0.3) is 0 Å². The largest absolute Gasteiger partial charge is 0.493 e. The third kappa shape index (κ3) is 4.14. The van der Waals surface area contributed by atoms with Crippen molar-refractivity contribution in [2.45, 2.75) is 39.7 Å². The lowest BCUT2D eigenvalue weighted by atomic mass is 10.1. The summed E-state index contributed by atoms with van der Waals surface area (Å²) in [5.41, 5.74) is 1.52. The second-order valence-electron chi connectivity index (χ2n) is 7.10. The standard InChI is InChI=1S/C21H24N2O7/c1-5-29-20-9-16(17(23(26)27)10-19(20)28-4)21(25)30-11-18(24)15-8-12(2)22(13(15)3)14-6-7-14/h8-10,14H,5-7,11H2,1-4H3. The molecule has 160 valence electrons. The molecule has 1 heterocycles. The first kappa shape index (κ1) is 21.4. The number of esters is 1. The van der Waals surface area contributed by atoms with E-state index in [1.807, 2.05) is 13.8 Å². The number of benzene rings is 1. The molecule has 0 saturated heterocycles. The lowest BCUT2D eigenvalue weighted by molar-refractivity contribution is -0.385. The first-order valence-corrected chi connectivity index (χ1v) is 9.66. The molecule has 9 nitrogen and oxygen atoms in total. The van der Waals surface area contributed by atoms with Crippen molar-refractivity contribution in [1.82, 2.24) is 4.57 Å². The van der Waals surface area contributed by atoms with Crippen molar-refractivity contribution < 1.29 is 28.7 Å². The fourth-order valence-electron chi connectivity index (χ4n) is 3.53. The Bertz CT molecular complexity index is 1010. The topological polar surface area (TPSA) is 110 Å². The van der Waals surface area contributed by atoms with Crippen LogP contribution in [0, 0.1) is 24.0 Å². The quantitative estimate of drug-likeness (QED) is 0.265. The average Bonchev–Trinajstić information content (AvgIpc) is 3.50. The van der Waals surface area contributed by atoms with Crippen LogP contribution in [-0.4, -0.2) is 41.6 Å². The molecule has 0 bridgehead atoms. The van der Waals surface area contributed by atoms with Crippen LogP contribution in [0.4, 0.5) is 5.69 Å². The third-order valence-electron chi connectivity index (χ3n) is 5.03. The van der Waals surface area contributed by atoms with Gasteiger partial charge in [0.1, 0.15) is 5.56 Å². The van der Waals surface area contributed by atoms with Gasteiger partial charge in [0.15, 0.2) is 18.1 Å². The number of hydrogen-bond acceptors (Lipinski definition) is 7. The zero-order valence-electron chi connectivity index (χ0n) is 17.4. The van der Waals surface area contributed by atoms with E-state index in [9.17, 15) is 19.7 Å². The van der Waals surface area contributed by atoms with Gasteiger partial charge in [-0.2, -0.15) is 0 Å². The lowest BCUT2D eigenvalue weighted by Crippen LogP contribution is -2.16. The van der Waals surface area contributed by atoms with Crippen molar-refractivity contribution in [3.05, 3.63) is 50.8 Å². The second-order valence-corrected chi connectivity index (χ2v) is 7.10. The maximum absolute atomic E-state index is 12.6. The minimum atomic E-state index is -0.977. The van der Waals surface area contributed by atoms with Gasteiger partial charge in [0.2, 0.25) is 5.78 Å². The zero-order valence-corrected chi connectivity index (χ0v) is 17.4. The van der Waals surface area contributed by atoms with Crippen LogP contribution >= 0.6 is 0 Å². The summed E-state index contributed by atoms with van der Waals surface area (Å²) in [6, 6.07) is 4.51. The van der Waals surface area contributed by atoms with E-state index in [4.69, 9.17) is 14.2 Å². The minimum Gasteiger partial charge on any atom is -0.493 e.